The van der Waals surface area contributed by atoms with Gasteiger partial charge in [0.25, 0.3) is 0 Å². The Kier molecular flexibility index (Phi) is 6.52. The van der Waals surface area contributed by atoms with Gasteiger partial charge in [-0.15, -0.1) is 0 Å². The van der Waals surface area contributed by atoms with Gasteiger partial charge < -0.3 is 10.1 Å². The Morgan fingerprint density at radius 1 is 1.10 bits per heavy atom. The standard InChI is InChI=1S/C22H22N4O3/c1-2-17(20(23)22(28)29-14-15-9-5-3-6-10-15)21(27)24-19-13-18(25-26-19)16-11-7-4-8-12-16/h3-13,17,23H,2,14H2,1H3,(H2,24,25,26,27). The van der Waals surface area contributed by atoms with Crippen LogP contribution in [-0.4, -0.2) is 27.8 Å². The van der Waals surface area contributed by atoms with Crippen molar-refractivity contribution < 1.29 is 14.3 Å². The molecule has 1 atom stereocenters. The minimum atomic E-state index is -0.921. The van der Waals surface area contributed by atoms with Gasteiger partial charge in [0.2, 0.25) is 5.91 Å². The fourth-order valence-electron chi connectivity index (χ4n) is 2.83. The quantitative estimate of drug-likeness (QED) is 0.401. The first kappa shape index (κ1) is 20.0. The van der Waals surface area contributed by atoms with E-state index < -0.39 is 17.8 Å². The number of amides is 1. The molecule has 0 saturated heterocycles. The number of anilines is 1. The molecule has 0 aliphatic heterocycles. The number of carbonyl (C=O) groups excluding carboxylic acids is 2. The molecular weight excluding hydrogens is 368 g/mol. The Labute approximate surface area is 168 Å². The van der Waals surface area contributed by atoms with Gasteiger partial charge in [0.05, 0.1) is 11.6 Å². The lowest BCUT2D eigenvalue weighted by atomic mass is 9.99. The van der Waals surface area contributed by atoms with Crippen molar-refractivity contribution in [1.29, 1.82) is 5.41 Å². The second-order valence-electron chi connectivity index (χ2n) is 6.46. The zero-order valence-electron chi connectivity index (χ0n) is 16.0. The van der Waals surface area contributed by atoms with Gasteiger partial charge >= 0.3 is 5.97 Å². The number of carbonyl (C=O) groups is 2. The number of aromatic nitrogens is 2. The molecule has 0 fully saturated rings. The van der Waals surface area contributed by atoms with Crippen LogP contribution in [0, 0.1) is 11.3 Å². The molecule has 29 heavy (non-hydrogen) atoms. The number of hydrogen-bond acceptors (Lipinski definition) is 5. The van der Waals surface area contributed by atoms with E-state index in [1.165, 1.54) is 0 Å². The van der Waals surface area contributed by atoms with Gasteiger partial charge in [-0.3, -0.25) is 15.3 Å². The molecule has 148 valence electrons. The largest absolute Gasteiger partial charge is 0.456 e. The predicted octanol–water partition coefficient (Wildman–Crippen LogP) is 3.80. The molecule has 7 nitrogen and oxygen atoms in total. The third-order valence-electron chi connectivity index (χ3n) is 4.42. The smallest absolute Gasteiger partial charge is 0.353 e. The lowest BCUT2D eigenvalue weighted by Gasteiger charge is -2.14. The van der Waals surface area contributed by atoms with E-state index in [1.807, 2.05) is 60.7 Å². The lowest BCUT2D eigenvalue weighted by molar-refractivity contribution is -0.137. The Hall–Kier alpha value is -3.74. The summed E-state index contributed by atoms with van der Waals surface area (Å²) >= 11 is 0. The summed E-state index contributed by atoms with van der Waals surface area (Å²) in [4.78, 5) is 24.8. The third kappa shape index (κ3) is 5.16. The number of ether oxygens (including phenoxy) is 1. The SMILES string of the molecule is CCC(C(=N)C(=O)OCc1ccccc1)C(=O)Nc1cc(-c2ccccc2)[nH]n1. The summed E-state index contributed by atoms with van der Waals surface area (Å²) in [6, 6.07) is 20.5. The van der Waals surface area contributed by atoms with E-state index in [4.69, 9.17) is 10.1 Å². The zero-order valence-corrected chi connectivity index (χ0v) is 16.0. The van der Waals surface area contributed by atoms with E-state index in [1.54, 1.807) is 13.0 Å². The molecule has 0 spiro atoms. The van der Waals surface area contributed by atoms with Crippen molar-refractivity contribution in [3.63, 3.8) is 0 Å². The maximum absolute atomic E-state index is 12.6. The van der Waals surface area contributed by atoms with Crippen molar-refractivity contribution in [2.45, 2.75) is 20.0 Å². The monoisotopic (exact) mass is 390 g/mol. The highest BCUT2D eigenvalue weighted by Gasteiger charge is 2.28. The molecule has 1 amide bonds. The average molecular weight is 390 g/mol. The summed E-state index contributed by atoms with van der Waals surface area (Å²) in [5.41, 5.74) is 2.13. The topological polar surface area (TPSA) is 108 Å². The number of hydrogen-bond donors (Lipinski definition) is 3. The van der Waals surface area contributed by atoms with Crippen LogP contribution >= 0.6 is 0 Å². The minimum Gasteiger partial charge on any atom is -0.456 e. The Morgan fingerprint density at radius 3 is 2.41 bits per heavy atom. The number of nitrogens with zero attached hydrogens (tertiary/aromatic N) is 1. The molecule has 1 heterocycles. The molecule has 3 rings (SSSR count). The van der Waals surface area contributed by atoms with Crippen LogP contribution in [0.5, 0.6) is 0 Å². The van der Waals surface area contributed by atoms with Gasteiger partial charge in [-0.25, -0.2) is 4.79 Å². The molecule has 0 saturated carbocycles. The maximum Gasteiger partial charge on any atom is 0.353 e. The Morgan fingerprint density at radius 2 is 1.76 bits per heavy atom. The van der Waals surface area contributed by atoms with Crippen LogP contribution in [0.2, 0.25) is 0 Å². The number of benzene rings is 2. The summed E-state index contributed by atoms with van der Waals surface area (Å²) in [6.07, 6.45) is 0.293. The van der Waals surface area contributed by atoms with Crippen LogP contribution in [0.25, 0.3) is 11.3 Å². The van der Waals surface area contributed by atoms with Gasteiger partial charge in [0.15, 0.2) is 5.82 Å². The van der Waals surface area contributed by atoms with Gasteiger partial charge in [-0.1, -0.05) is 67.6 Å². The first-order chi connectivity index (χ1) is 14.1. The van der Waals surface area contributed by atoms with Crippen molar-refractivity contribution in [1.82, 2.24) is 10.2 Å². The second-order valence-corrected chi connectivity index (χ2v) is 6.46. The van der Waals surface area contributed by atoms with Crippen molar-refractivity contribution in [2.24, 2.45) is 5.92 Å². The normalized spacial score (nSPS) is 11.5. The van der Waals surface area contributed by atoms with Gasteiger partial charge in [-0.2, -0.15) is 5.10 Å². The van der Waals surface area contributed by atoms with Crippen LogP contribution in [0.4, 0.5) is 5.82 Å². The van der Waals surface area contributed by atoms with E-state index in [2.05, 4.69) is 15.5 Å². The van der Waals surface area contributed by atoms with Crippen molar-refractivity contribution >= 4 is 23.4 Å². The summed E-state index contributed by atoms with van der Waals surface area (Å²) in [5.74, 6) is -1.86. The van der Waals surface area contributed by atoms with Gasteiger partial charge in [0.1, 0.15) is 12.3 Å². The van der Waals surface area contributed by atoms with Crippen molar-refractivity contribution in [2.75, 3.05) is 5.32 Å². The number of rotatable bonds is 8. The molecule has 2 aromatic carbocycles. The van der Waals surface area contributed by atoms with Gasteiger partial charge in [-0.05, 0) is 17.5 Å². The van der Waals surface area contributed by atoms with Crippen LogP contribution in [-0.2, 0) is 20.9 Å². The maximum atomic E-state index is 12.6. The molecule has 0 radical (unpaired) electrons. The fourth-order valence-corrected chi connectivity index (χ4v) is 2.83. The summed E-state index contributed by atoms with van der Waals surface area (Å²) in [5, 5.41) is 17.7. The van der Waals surface area contributed by atoms with Crippen molar-refractivity contribution in [3.05, 3.63) is 72.3 Å². The van der Waals surface area contributed by atoms with Crippen LogP contribution < -0.4 is 5.32 Å². The average Bonchev–Trinajstić information content (AvgIpc) is 3.22. The van der Waals surface area contributed by atoms with Crippen molar-refractivity contribution in [3.8, 4) is 11.3 Å². The summed E-state index contributed by atoms with van der Waals surface area (Å²) in [6.45, 7) is 1.79. The molecule has 0 aliphatic carbocycles. The number of aromatic amines is 1. The molecule has 3 aromatic rings. The highest BCUT2D eigenvalue weighted by atomic mass is 16.5. The molecule has 7 heteroatoms. The minimum absolute atomic E-state index is 0.0555. The fraction of sp³-hybridized carbons (Fsp3) is 0.182. The van der Waals surface area contributed by atoms with Crippen LogP contribution in [0.15, 0.2) is 66.7 Å². The highest BCUT2D eigenvalue weighted by molar-refractivity contribution is 6.40. The van der Waals surface area contributed by atoms with E-state index in [0.717, 1.165) is 16.8 Å². The summed E-state index contributed by atoms with van der Waals surface area (Å²) < 4.78 is 5.17. The first-order valence-corrected chi connectivity index (χ1v) is 9.29. The second kappa shape index (κ2) is 9.45. The van der Waals surface area contributed by atoms with E-state index in [0.29, 0.717) is 12.2 Å². The number of nitrogens with one attached hydrogen (secondary N) is 3. The van der Waals surface area contributed by atoms with Gasteiger partial charge in [0, 0.05) is 6.07 Å². The zero-order chi connectivity index (χ0) is 20.6. The van der Waals surface area contributed by atoms with E-state index >= 15 is 0 Å². The van der Waals surface area contributed by atoms with Crippen LogP contribution in [0.1, 0.15) is 18.9 Å². The first-order valence-electron chi connectivity index (χ1n) is 9.29. The third-order valence-corrected chi connectivity index (χ3v) is 4.42. The van der Waals surface area contributed by atoms with Crippen LogP contribution in [0.3, 0.4) is 0 Å². The lowest BCUT2D eigenvalue weighted by Crippen LogP contribution is -2.34. The molecule has 0 bridgehead atoms. The molecule has 0 aliphatic rings. The molecule has 3 N–H and O–H groups in total. The van der Waals surface area contributed by atoms with E-state index in [9.17, 15) is 9.59 Å². The number of esters is 1. The Balaban J connectivity index is 1.60. The summed E-state index contributed by atoms with van der Waals surface area (Å²) in [7, 11) is 0. The molecule has 1 unspecified atom stereocenters. The molecular formula is C22H22N4O3. The predicted molar refractivity (Wildman–Crippen MR) is 110 cm³/mol. The molecule has 1 aromatic heterocycles. The Bertz CT molecular complexity index is 984. The number of H-pyrrole nitrogens is 1. The van der Waals surface area contributed by atoms with E-state index in [-0.39, 0.29) is 12.3 Å². The highest BCUT2D eigenvalue weighted by Crippen LogP contribution is 2.20.